The molecule has 0 bridgehead atoms. The molecule has 2 rings (SSSR count). The molecule has 1 aromatic heterocycles. The number of aliphatic hydroxyl groups is 1. The van der Waals surface area contributed by atoms with Crippen molar-refractivity contribution >= 4 is 11.6 Å². The molecule has 0 radical (unpaired) electrons. The van der Waals surface area contributed by atoms with Crippen LogP contribution in [0.25, 0.3) is 0 Å². The van der Waals surface area contributed by atoms with Crippen molar-refractivity contribution in [3.8, 4) is 0 Å². The van der Waals surface area contributed by atoms with Crippen LogP contribution in [0.4, 0.5) is 0 Å². The SMILES string of the molecule is OC(c1ccoc1Cl)C1CCCOC1. The zero-order valence-corrected chi connectivity index (χ0v) is 8.54. The Bertz CT molecular complexity index is 291. The zero-order chi connectivity index (χ0) is 9.97. The number of hydrogen-bond acceptors (Lipinski definition) is 3. The molecule has 3 nitrogen and oxygen atoms in total. The third kappa shape index (κ3) is 1.95. The van der Waals surface area contributed by atoms with Gasteiger partial charge in [0.15, 0.2) is 5.22 Å². The van der Waals surface area contributed by atoms with E-state index in [1.165, 1.54) is 6.26 Å². The quantitative estimate of drug-likeness (QED) is 0.826. The van der Waals surface area contributed by atoms with Gasteiger partial charge in [0.05, 0.1) is 19.0 Å². The molecular weight excluding hydrogens is 204 g/mol. The summed E-state index contributed by atoms with van der Waals surface area (Å²) < 4.78 is 10.2. The number of aliphatic hydroxyl groups excluding tert-OH is 1. The molecule has 4 heteroatoms. The van der Waals surface area contributed by atoms with Crippen LogP contribution in [-0.4, -0.2) is 18.3 Å². The average Bonchev–Trinajstić information content (AvgIpc) is 2.65. The summed E-state index contributed by atoms with van der Waals surface area (Å²) in [6, 6.07) is 1.71. The van der Waals surface area contributed by atoms with Crippen molar-refractivity contribution in [2.24, 2.45) is 5.92 Å². The molecule has 1 aliphatic heterocycles. The van der Waals surface area contributed by atoms with Crippen molar-refractivity contribution in [3.05, 3.63) is 23.1 Å². The van der Waals surface area contributed by atoms with Gasteiger partial charge in [-0.2, -0.15) is 0 Å². The lowest BCUT2D eigenvalue weighted by Crippen LogP contribution is -2.23. The second-order valence-corrected chi connectivity index (χ2v) is 3.91. The molecule has 78 valence electrons. The summed E-state index contributed by atoms with van der Waals surface area (Å²) in [6.45, 7) is 1.39. The molecule has 2 atom stereocenters. The molecule has 0 spiro atoms. The fraction of sp³-hybridized carbons (Fsp3) is 0.600. The van der Waals surface area contributed by atoms with E-state index < -0.39 is 6.10 Å². The lowest BCUT2D eigenvalue weighted by molar-refractivity contribution is -0.0101. The highest BCUT2D eigenvalue weighted by atomic mass is 35.5. The fourth-order valence-corrected chi connectivity index (χ4v) is 2.01. The van der Waals surface area contributed by atoms with Gasteiger partial charge in [-0.25, -0.2) is 0 Å². The average molecular weight is 217 g/mol. The Kier molecular flexibility index (Phi) is 3.11. The molecule has 14 heavy (non-hydrogen) atoms. The van der Waals surface area contributed by atoms with E-state index in [9.17, 15) is 5.11 Å². The second kappa shape index (κ2) is 4.34. The van der Waals surface area contributed by atoms with Gasteiger partial charge >= 0.3 is 0 Å². The van der Waals surface area contributed by atoms with Gasteiger partial charge in [0.2, 0.25) is 0 Å². The lowest BCUT2D eigenvalue weighted by Gasteiger charge is -2.26. The normalized spacial score (nSPS) is 24.9. The van der Waals surface area contributed by atoms with E-state index in [0.717, 1.165) is 19.4 Å². The maximum atomic E-state index is 9.99. The van der Waals surface area contributed by atoms with Gasteiger partial charge in [-0.15, -0.1) is 0 Å². The second-order valence-electron chi connectivity index (χ2n) is 3.57. The Hall–Kier alpha value is -0.510. The Labute approximate surface area is 87.6 Å². The van der Waals surface area contributed by atoms with Gasteiger partial charge in [0, 0.05) is 18.1 Å². The van der Waals surface area contributed by atoms with Gasteiger partial charge in [0.1, 0.15) is 0 Å². The van der Waals surface area contributed by atoms with Crippen LogP contribution < -0.4 is 0 Å². The largest absolute Gasteiger partial charge is 0.453 e. The van der Waals surface area contributed by atoms with Crippen LogP contribution in [0, 0.1) is 5.92 Å². The topological polar surface area (TPSA) is 42.6 Å². The standard InChI is InChI=1S/C10H13ClO3/c11-10-8(3-5-14-10)9(12)7-2-1-4-13-6-7/h3,5,7,9,12H,1-2,4,6H2. The van der Waals surface area contributed by atoms with Gasteiger partial charge in [0.25, 0.3) is 0 Å². The third-order valence-electron chi connectivity index (χ3n) is 2.61. The van der Waals surface area contributed by atoms with E-state index >= 15 is 0 Å². The lowest BCUT2D eigenvalue weighted by atomic mass is 9.92. The molecular formula is C10H13ClO3. The highest BCUT2D eigenvalue weighted by molar-refractivity contribution is 6.29. The molecule has 1 N–H and O–H groups in total. The summed E-state index contributed by atoms with van der Waals surface area (Å²) in [5, 5.41) is 10.3. The first-order valence-electron chi connectivity index (χ1n) is 4.77. The van der Waals surface area contributed by atoms with Crippen molar-refractivity contribution in [1.82, 2.24) is 0 Å². The Morgan fingerprint density at radius 2 is 2.43 bits per heavy atom. The smallest absolute Gasteiger partial charge is 0.198 e. The van der Waals surface area contributed by atoms with Gasteiger partial charge in [-0.1, -0.05) is 0 Å². The van der Waals surface area contributed by atoms with Gasteiger partial charge in [-0.05, 0) is 30.5 Å². The molecule has 0 aromatic carbocycles. The minimum atomic E-state index is -0.568. The Balaban J connectivity index is 2.07. The number of rotatable bonds is 2. The molecule has 0 amide bonds. The summed E-state index contributed by atoms with van der Waals surface area (Å²) >= 11 is 5.79. The van der Waals surface area contributed by atoms with Crippen LogP contribution >= 0.6 is 11.6 Å². The predicted octanol–water partition coefficient (Wildman–Crippen LogP) is 2.39. The van der Waals surface area contributed by atoms with Crippen molar-refractivity contribution in [2.75, 3.05) is 13.2 Å². The monoisotopic (exact) mass is 216 g/mol. The van der Waals surface area contributed by atoms with Gasteiger partial charge < -0.3 is 14.3 Å². The first-order chi connectivity index (χ1) is 6.79. The summed E-state index contributed by atoms with van der Waals surface area (Å²) in [7, 11) is 0. The van der Waals surface area contributed by atoms with E-state index in [1.807, 2.05) is 0 Å². The van der Waals surface area contributed by atoms with Crippen LogP contribution in [-0.2, 0) is 4.74 Å². The van der Waals surface area contributed by atoms with Crippen LogP contribution in [0.2, 0.25) is 5.22 Å². The van der Waals surface area contributed by atoms with Crippen molar-refractivity contribution in [2.45, 2.75) is 18.9 Å². The Morgan fingerprint density at radius 3 is 3.00 bits per heavy atom. The maximum absolute atomic E-state index is 9.99. The molecule has 1 saturated heterocycles. The molecule has 0 saturated carbocycles. The molecule has 2 unspecified atom stereocenters. The van der Waals surface area contributed by atoms with Crippen molar-refractivity contribution in [1.29, 1.82) is 0 Å². The minimum Gasteiger partial charge on any atom is -0.453 e. The van der Waals surface area contributed by atoms with Crippen LogP contribution in [0.3, 0.4) is 0 Å². The summed E-state index contributed by atoms with van der Waals surface area (Å²) in [6.07, 6.45) is 2.89. The van der Waals surface area contributed by atoms with Crippen LogP contribution in [0.1, 0.15) is 24.5 Å². The molecule has 1 fully saturated rings. The summed E-state index contributed by atoms with van der Waals surface area (Å²) in [5.41, 5.74) is 0.669. The highest BCUT2D eigenvalue weighted by Crippen LogP contribution is 2.33. The van der Waals surface area contributed by atoms with Crippen molar-refractivity contribution in [3.63, 3.8) is 0 Å². The Morgan fingerprint density at radius 1 is 1.57 bits per heavy atom. The van der Waals surface area contributed by atoms with Crippen molar-refractivity contribution < 1.29 is 14.3 Å². The summed E-state index contributed by atoms with van der Waals surface area (Å²) in [5.74, 6) is 0.138. The third-order valence-corrected chi connectivity index (χ3v) is 2.91. The van der Waals surface area contributed by atoms with E-state index in [1.54, 1.807) is 6.07 Å². The van der Waals surface area contributed by atoms with E-state index in [2.05, 4.69) is 0 Å². The van der Waals surface area contributed by atoms with Crippen LogP contribution in [0.15, 0.2) is 16.7 Å². The minimum absolute atomic E-state index is 0.138. The predicted molar refractivity (Wildman–Crippen MR) is 52.2 cm³/mol. The number of hydrogen-bond donors (Lipinski definition) is 1. The highest BCUT2D eigenvalue weighted by Gasteiger charge is 2.26. The first-order valence-corrected chi connectivity index (χ1v) is 5.15. The number of furan rings is 1. The first kappa shape index (κ1) is 10.0. The zero-order valence-electron chi connectivity index (χ0n) is 7.78. The molecule has 2 heterocycles. The van der Waals surface area contributed by atoms with E-state index in [0.29, 0.717) is 12.2 Å². The number of halogens is 1. The van der Waals surface area contributed by atoms with E-state index in [4.69, 9.17) is 20.8 Å². The van der Waals surface area contributed by atoms with E-state index in [-0.39, 0.29) is 11.1 Å². The maximum Gasteiger partial charge on any atom is 0.198 e. The molecule has 0 aliphatic carbocycles. The summed E-state index contributed by atoms with van der Waals surface area (Å²) in [4.78, 5) is 0. The molecule has 1 aliphatic rings. The molecule has 1 aromatic rings. The number of ether oxygens (including phenoxy) is 1. The van der Waals surface area contributed by atoms with Gasteiger partial charge in [-0.3, -0.25) is 0 Å². The fourth-order valence-electron chi connectivity index (χ4n) is 1.78. The van der Waals surface area contributed by atoms with Crippen LogP contribution in [0.5, 0.6) is 0 Å².